The summed E-state index contributed by atoms with van der Waals surface area (Å²) < 4.78 is 0. The van der Waals surface area contributed by atoms with Crippen LogP contribution in [0.3, 0.4) is 0 Å². The molecule has 0 spiro atoms. The van der Waals surface area contributed by atoms with Crippen LogP contribution >= 0.6 is 0 Å². The second-order valence-corrected chi connectivity index (χ2v) is 3.79. The summed E-state index contributed by atoms with van der Waals surface area (Å²) in [5, 5.41) is 3.00. The van der Waals surface area contributed by atoms with Crippen molar-refractivity contribution in [3.63, 3.8) is 0 Å². The second kappa shape index (κ2) is 5.63. The third kappa shape index (κ3) is 3.36. The van der Waals surface area contributed by atoms with Crippen molar-refractivity contribution in [2.24, 2.45) is 0 Å². The summed E-state index contributed by atoms with van der Waals surface area (Å²) in [7, 11) is 0. The normalized spacial score (nSPS) is 17.5. The third-order valence-corrected chi connectivity index (χ3v) is 2.54. The fraction of sp³-hybridized carbons (Fsp3) is 0.583. The standard InChI is InChI=1S/C12H19NO/c1-3-4-7-10(2)12(14)13-11-8-5-6-9-11/h4,7,11H,2-3,5-6,8-9H2,1H3,(H,13,14)/b7-4-. The zero-order chi connectivity index (χ0) is 10.4. The van der Waals surface area contributed by atoms with Crippen LogP contribution in [0.1, 0.15) is 39.0 Å². The van der Waals surface area contributed by atoms with Crippen LogP contribution in [0.25, 0.3) is 0 Å². The van der Waals surface area contributed by atoms with Gasteiger partial charge >= 0.3 is 0 Å². The van der Waals surface area contributed by atoms with Crippen molar-refractivity contribution in [3.8, 4) is 0 Å². The summed E-state index contributed by atoms with van der Waals surface area (Å²) in [4.78, 5) is 11.5. The molecule has 0 aromatic carbocycles. The Morgan fingerprint density at radius 3 is 2.71 bits per heavy atom. The molecule has 2 heteroatoms. The van der Waals surface area contributed by atoms with Crippen LogP contribution in [0.4, 0.5) is 0 Å². The Hall–Kier alpha value is -1.05. The lowest BCUT2D eigenvalue weighted by atomic mass is 10.2. The van der Waals surface area contributed by atoms with E-state index in [4.69, 9.17) is 0 Å². The molecule has 2 nitrogen and oxygen atoms in total. The molecule has 78 valence electrons. The number of carbonyl (C=O) groups is 1. The molecular weight excluding hydrogens is 174 g/mol. The molecule has 1 aliphatic carbocycles. The molecule has 0 aliphatic heterocycles. The Morgan fingerprint density at radius 1 is 1.50 bits per heavy atom. The van der Waals surface area contributed by atoms with Crippen molar-refractivity contribution < 1.29 is 4.79 Å². The molecule has 0 aromatic rings. The molecule has 0 heterocycles. The Balaban J connectivity index is 2.33. The SMILES string of the molecule is C=C(/C=C\CC)C(=O)NC1CCCC1. The highest BCUT2D eigenvalue weighted by molar-refractivity contribution is 5.95. The van der Waals surface area contributed by atoms with E-state index in [1.54, 1.807) is 6.08 Å². The minimum Gasteiger partial charge on any atom is -0.349 e. The first-order valence-corrected chi connectivity index (χ1v) is 5.40. The molecule has 14 heavy (non-hydrogen) atoms. The number of allylic oxidation sites excluding steroid dienone is 1. The number of hydrogen-bond acceptors (Lipinski definition) is 1. The van der Waals surface area contributed by atoms with Gasteiger partial charge in [0.1, 0.15) is 0 Å². The summed E-state index contributed by atoms with van der Waals surface area (Å²) >= 11 is 0. The van der Waals surface area contributed by atoms with Gasteiger partial charge in [0.15, 0.2) is 0 Å². The molecule has 1 aliphatic rings. The molecule has 1 amide bonds. The maximum Gasteiger partial charge on any atom is 0.250 e. The van der Waals surface area contributed by atoms with Crippen LogP contribution in [0, 0.1) is 0 Å². The van der Waals surface area contributed by atoms with Crippen LogP contribution in [0.15, 0.2) is 24.3 Å². The van der Waals surface area contributed by atoms with Crippen molar-refractivity contribution in [1.82, 2.24) is 5.32 Å². The molecule has 0 atom stereocenters. The van der Waals surface area contributed by atoms with Gasteiger partial charge in [0.05, 0.1) is 0 Å². The van der Waals surface area contributed by atoms with Gasteiger partial charge in [0, 0.05) is 11.6 Å². The highest BCUT2D eigenvalue weighted by Gasteiger charge is 2.17. The average molecular weight is 193 g/mol. The summed E-state index contributed by atoms with van der Waals surface area (Å²) in [5.74, 6) is -0.0124. The number of hydrogen-bond donors (Lipinski definition) is 1. The third-order valence-electron chi connectivity index (χ3n) is 2.54. The van der Waals surface area contributed by atoms with Gasteiger partial charge in [-0.3, -0.25) is 4.79 Å². The topological polar surface area (TPSA) is 29.1 Å². The summed E-state index contributed by atoms with van der Waals surface area (Å²) in [6.07, 6.45) is 9.41. The van der Waals surface area contributed by atoms with Crippen LogP contribution in [-0.2, 0) is 4.79 Å². The van der Waals surface area contributed by atoms with Crippen LogP contribution in [0.5, 0.6) is 0 Å². The van der Waals surface area contributed by atoms with E-state index < -0.39 is 0 Å². The zero-order valence-electron chi connectivity index (χ0n) is 8.88. The van der Waals surface area contributed by atoms with E-state index in [0.717, 1.165) is 19.3 Å². The van der Waals surface area contributed by atoms with Crippen molar-refractivity contribution >= 4 is 5.91 Å². The van der Waals surface area contributed by atoms with Crippen molar-refractivity contribution in [2.75, 3.05) is 0 Å². The van der Waals surface area contributed by atoms with Crippen molar-refractivity contribution in [1.29, 1.82) is 0 Å². The minimum absolute atomic E-state index is 0.0124. The van der Waals surface area contributed by atoms with Gasteiger partial charge in [0.25, 0.3) is 5.91 Å². The molecule has 1 fully saturated rings. The first-order valence-electron chi connectivity index (χ1n) is 5.40. The Morgan fingerprint density at radius 2 is 2.14 bits per heavy atom. The Bertz CT molecular complexity index is 237. The van der Waals surface area contributed by atoms with Crippen LogP contribution < -0.4 is 5.32 Å². The molecule has 0 aromatic heterocycles. The monoisotopic (exact) mass is 193 g/mol. The molecule has 0 saturated heterocycles. The lowest BCUT2D eigenvalue weighted by Crippen LogP contribution is -2.33. The van der Waals surface area contributed by atoms with E-state index in [-0.39, 0.29) is 5.91 Å². The number of rotatable bonds is 4. The summed E-state index contributed by atoms with van der Waals surface area (Å²) in [6, 6.07) is 0.384. The van der Waals surface area contributed by atoms with E-state index in [9.17, 15) is 4.79 Å². The summed E-state index contributed by atoms with van der Waals surface area (Å²) in [6.45, 7) is 5.78. The van der Waals surface area contributed by atoms with Crippen LogP contribution in [-0.4, -0.2) is 11.9 Å². The lowest BCUT2D eigenvalue weighted by Gasteiger charge is -2.11. The Kier molecular flexibility index (Phi) is 4.44. The molecule has 1 saturated carbocycles. The van der Waals surface area contributed by atoms with Gasteiger partial charge in [-0.1, -0.05) is 38.5 Å². The van der Waals surface area contributed by atoms with Gasteiger partial charge < -0.3 is 5.32 Å². The number of carbonyl (C=O) groups excluding carboxylic acids is 1. The average Bonchev–Trinajstić information content (AvgIpc) is 2.66. The van der Waals surface area contributed by atoms with Gasteiger partial charge in [-0.2, -0.15) is 0 Å². The predicted octanol–water partition coefficient (Wildman–Crippen LogP) is 2.57. The molecule has 0 bridgehead atoms. The molecule has 1 rings (SSSR count). The quantitative estimate of drug-likeness (QED) is 0.539. The second-order valence-electron chi connectivity index (χ2n) is 3.79. The first-order chi connectivity index (χ1) is 6.74. The first kappa shape index (κ1) is 11.0. The van der Waals surface area contributed by atoms with Gasteiger partial charge in [-0.25, -0.2) is 0 Å². The van der Waals surface area contributed by atoms with Crippen LogP contribution in [0.2, 0.25) is 0 Å². The van der Waals surface area contributed by atoms with E-state index in [2.05, 4.69) is 11.9 Å². The highest BCUT2D eigenvalue weighted by Crippen LogP contribution is 2.17. The van der Waals surface area contributed by atoms with Gasteiger partial charge in [-0.05, 0) is 19.3 Å². The Labute approximate surface area is 86.1 Å². The molecule has 1 N–H and O–H groups in total. The van der Waals surface area contributed by atoms with Crippen molar-refractivity contribution in [3.05, 3.63) is 24.3 Å². The van der Waals surface area contributed by atoms with Gasteiger partial charge in [-0.15, -0.1) is 0 Å². The van der Waals surface area contributed by atoms with E-state index in [0.29, 0.717) is 11.6 Å². The lowest BCUT2D eigenvalue weighted by molar-refractivity contribution is -0.117. The van der Waals surface area contributed by atoms with E-state index in [1.807, 2.05) is 13.0 Å². The van der Waals surface area contributed by atoms with Gasteiger partial charge in [0.2, 0.25) is 0 Å². The fourth-order valence-electron chi connectivity index (χ4n) is 1.68. The number of nitrogens with one attached hydrogen (secondary N) is 1. The predicted molar refractivity (Wildman–Crippen MR) is 59.0 cm³/mol. The largest absolute Gasteiger partial charge is 0.349 e. The zero-order valence-corrected chi connectivity index (χ0v) is 8.88. The fourth-order valence-corrected chi connectivity index (χ4v) is 1.68. The molecule has 0 radical (unpaired) electrons. The van der Waals surface area contributed by atoms with Crippen molar-refractivity contribution in [2.45, 2.75) is 45.1 Å². The highest BCUT2D eigenvalue weighted by atomic mass is 16.1. The summed E-state index contributed by atoms with van der Waals surface area (Å²) in [5.41, 5.74) is 0.568. The molecule has 0 unspecified atom stereocenters. The van der Waals surface area contributed by atoms with E-state index >= 15 is 0 Å². The minimum atomic E-state index is -0.0124. The smallest absolute Gasteiger partial charge is 0.250 e. The van der Waals surface area contributed by atoms with E-state index in [1.165, 1.54) is 12.8 Å². The maximum absolute atomic E-state index is 11.5. The number of amides is 1. The molecular formula is C12H19NO. The maximum atomic E-state index is 11.5.